The summed E-state index contributed by atoms with van der Waals surface area (Å²) in [4.78, 5) is 33.5. The molecule has 2 aromatic carbocycles. The number of ether oxygens (including phenoxy) is 1. The molecule has 0 saturated carbocycles. The van der Waals surface area contributed by atoms with Crippen LogP contribution in [0.4, 0.5) is 5.69 Å². The Morgan fingerprint density at radius 3 is 2.60 bits per heavy atom. The molecule has 2 aromatic heterocycles. The lowest BCUT2D eigenvalue weighted by Gasteiger charge is -2.14. The number of thioether (sulfide) groups is 1. The van der Waals surface area contributed by atoms with Crippen LogP contribution in [-0.4, -0.2) is 27.8 Å². The molecule has 0 unspecified atom stereocenters. The highest BCUT2D eigenvalue weighted by molar-refractivity contribution is 7.99. The summed E-state index contributed by atoms with van der Waals surface area (Å²) < 4.78 is 7.12. The molecule has 2 heterocycles. The Morgan fingerprint density at radius 1 is 1.11 bits per heavy atom. The van der Waals surface area contributed by atoms with E-state index in [0.717, 1.165) is 52.9 Å². The highest BCUT2D eigenvalue weighted by atomic mass is 32.2. The van der Waals surface area contributed by atoms with E-state index in [1.54, 1.807) is 15.9 Å². The molecule has 0 aliphatic heterocycles. The van der Waals surface area contributed by atoms with Gasteiger partial charge in [0.1, 0.15) is 10.6 Å². The first-order valence-electron chi connectivity index (χ1n) is 11.8. The van der Waals surface area contributed by atoms with Crippen LogP contribution in [0.2, 0.25) is 0 Å². The smallest absolute Gasteiger partial charge is 0.267 e. The maximum Gasteiger partial charge on any atom is 0.267 e. The number of thiophene rings is 1. The Kier molecular flexibility index (Phi) is 6.92. The number of nitrogens with one attached hydrogen (secondary N) is 1. The summed E-state index contributed by atoms with van der Waals surface area (Å²) in [7, 11) is 0. The Morgan fingerprint density at radius 2 is 1.86 bits per heavy atom. The highest BCUT2D eigenvalue weighted by Crippen LogP contribution is 2.35. The van der Waals surface area contributed by atoms with Gasteiger partial charge in [0.15, 0.2) is 5.16 Å². The van der Waals surface area contributed by atoms with E-state index >= 15 is 0 Å². The molecule has 180 valence electrons. The minimum absolute atomic E-state index is 0.0484. The van der Waals surface area contributed by atoms with Gasteiger partial charge in [-0.25, -0.2) is 4.98 Å². The van der Waals surface area contributed by atoms with E-state index in [1.165, 1.54) is 22.2 Å². The molecule has 35 heavy (non-hydrogen) atoms. The molecule has 6 nitrogen and oxygen atoms in total. The van der Waals surface area contributed by atoms with Crippen molar-refractivity contribution in [3.8, 4) is 11.4 Å². The number of carbonyl (C=O) groups is 1. The first-order chi connectivity index (χ1) is 17.0. The summed E-state index contributed by atoms with van der Waals surface area (Å²) >= 11 is 2.91. The summed E-state index contributed by atoms with van der Waals surface area (Å²) in [6, 6.07) is 15.1. The minimum atomic E-state index is -0.158. The van der Waals surface area contributed by atoms with Crippen molar-refractivity contribution in [3.05, 3.63) is 74.9 Å². The molecular weight excluding hydrogens is 478 g/mol. The molecule has 0 atom stereocenters. The lowest BCUT2D eigenvalue weighted by atomic mass is 9.97. The third-order valence-corrected chi connectivity index (χ3v) is 8.16. The molecule has 5 rings (SSSR count). The van der Waals surface area contributed by atoms with Gasteiger partial charge in [-0.2, -0.15) is 0 Å². The first-order valence-corrected chi connectivity index (χ1v) is 13.6. The fourth-order valence-corrected chi connectivity index (χ4v) is 6.45. The summed E-state index contributed by atoms with van der Waals surface area (Å²) in [5, 5.41) is 4.19. The lowest BCUT2D eigenvalue weighted by molar-refractivity contribution is -0.113. The van der Waals surface area contributed by atoms with Crippen molar-refractivity contribution in [2.75, 3.05) is 17.7 Å². The van der Waals surface area contributed by atoms with Gasteiger partial charge in [-0.05, 0) is 81.5 Å². The van der Waals surface area contributed by atoms with Crippen LogP contribution in [0.15, 0.2) is 58.5 Å². The zero-order valence-electron chi connectivity index (χ0n) is 19.8. The SMILES string of the molecule is CCOc1ccc(NC(=O)CSc2nc3sc4c(c3c(=O)n2-c2ccc(C)cc2)CCCC4)cc1. The molecule has 0 saturated heterocycles. The van der Waals surface area contributed by atoms with Crippen LogP contribution in [0.3, 0.4) is 0 Å². The van der Waals surface area contributed by atoms with E-state index in [2.05, 4.69) is 5.32 Å². The molecule has 4 aromatic rings. The standard InChI is InChI=1S/C27H27N3O3S2/c1-3-33-20-14-10-18(11-15-20)28-23(31)16-34-27-29-25-24(21-6-4-5-7-22(21)35-25)26(32)30(27)19-12-8-17(2)9-13-19/h8-15H,3-7,16H2,1-2H3,(H,28,31). The van der Waals surface area contributed by atoms with Crippen LogP contribution >= 0.6 is 23.1 Å². The normalized spacial score (nSPS) is 13.0. The van der Waals surface area contributed by atoms with Crippen molar-refractivity contribution in [2.45, 2.75) is 44.7 Å². The fraction of sp³-hybridized carbons (Fsp3) is 0.296. The van der Waals surface area contributed by atoms with Crippen molar-refractivity contribution >= 4 is 44.9 Å². The van der Waals surface area contributed by atoms with Gasteiger partial charge in [0.2, 0.25) is 5.91 Å². The number of aromatic nitrogens is 2. The number of nitrogens with zero attached hydrogens (tertiary/aromatic N) is 2. The number of fused-ring (bicyclic) bond motifs is 3. The average molecular weight is 506 g/mol. The highest BCUT2D eigenvalue weighted by Gasteiger charge is 2.23. The zero-order valence-corrected chi connectivity index (χ0v) is 21.4. The Balaban J connectivity index is 1.45. The first kappa shape index (κ1) is 23.6. The van der Waals surface area contributed by atoms with Crippen molar-refractivity contribution in [2.24, 2.45) is 0 Å². The fourth-order valence-electron chi connectivity index (χ4n) is 4.33. The van der Waals surface area contributed by atoms with Crippen LogP contribution in [0.1, 0.15) is 35.8 Å². The number of amides is 1. The number of hydrogen-bond acceptors (Lipinski definition) is 6. The van der Waals surface area contributed by atoms with E-state index in [1.807, 2.05) is 62.4 Å². The number of hydrogen-bond donors (Lipinski definition) is 1. The second-order valence-corrected chi connectivity index (χ2v) is 10.6. The van der Waals surface area contributed by atoms with Crippen molar-refractivity contribution in [1.29, 1.82) is 0 Å². The predicted octanol–water partition coefficient (Wildman–Crippen LogP) is 5.76. The third-order valence-electron chi connectivity index (χ3n) is 6.03. The molecule has 1 aliphatic carbocycles. The topological polar surface area (TPSA) is 73.2 Å². The van der Waals surface area contributed by atoms with E-state index in [4.69, 9.17) is 9.72 Å². The molecule has 0 bridgehead atoms. The van der Waals surface area contributed by atoms with Gasteiger partial charge in [0.05, 0.1) is 23.4 Å². The largest absolute Gasteiger partial charge is 0.494 e. The van der Waals surface area contributed by atoms with Crippen LogP contribution in [0.5, 0.6) is 5.75 Å². The Hall–Kier alpha value is -3.10. The van der Waals surface area contributed by atoms with Crippen LogP contribution in [0, 0.1) is 6.92 Å². The van der Waals surface area contributed by atoms with Crippen LogP contribution in [0.25, 0.3) is 15.9 Å². The monoisotopic (exact) mass is 505 g/mol. The summed E-state index contributed by atoms with van der Waals surface area (Å²) in [6.07, 6.45) is 4.19. The Bertz CT molecular complexity index is 1420. The number of benzene rings is 2. The second kappa shape index (κ2) is 10.3. The number of carbonyl (C=O) groups excluding carboxylic acids is 1. The number of rotatable bonds is 7. The van der Waals surface area contributed by atoms with Crippen molar-refractivity contribution in [3.63, 3.8) is 0 Å². The van der Waals surface area contributed by atoms with Crippen LogP contribution < -0.4 is 15.6 Å². The molecule has 1 aliphatic rings. The maximum atomic E-state index is 13.8. The molecular formula is C27H27N3O3S2. The minimum Gasteiger partial charge on any atom is -0.494 e. The molecule has 0 spiro atoms. The van der Waals surface area contributed by atoms with E-state index in [-0.39, 0.29) is 17.2 Å². The van der Waals surface area contributed by atoms with Gasteiger partial charge >= 0.3 is 0 Å². The van der Waals surface area contributed by atoms with Crippen LogP contribution in [-0.2, 0) is 17.6 Å². The lowest BCUT2D eigenvalue weighted by Crippen LogP contribution is -2.23. The quantitative estimate of drug-likeness (QED) is 0.255. The average Bonchev–Trinajstić information content (AvgIpc) is 3.24. The van der Waals surface area contributed by atoms with Gasteiger partial charge in [-0.1, -0.05) is 29.5 Å². The molecule has 0 fully saturated rings. The van der Waals surface area contributed by atoms with Gasteiger partial charge < -0.3 is 10.1 Å². The molecule has 1 N–H and O–H groups in total. The molecule has 8 heteroatoms. The van der Waals surface area contributed by atoms with Crippen molar-refractivity contribution < 1.29 is 9.53 Å². The zero-order chi connectivity index (χ0) is 24.4. The Labute approximate surface area is 212 Å². The van der Waals surface area contributed by atoms with E-state index < -0.39 is 0 Å². The number of anilines is 1. The van der Waals surface area contributed by atoms with Crippen molar-refractivity contribution in [1.82, 2.24) is 9.55 Å². The van der Waals surface area contributed by atoms with E-state index in [9.17, 15) is 9.59 Å². The van der Waals surface area contributed by atoms with Gasteiger partial charge in [0, 0.05) is 10.6 Å². The van der Waals surface area contributed by atoms with Gasteiger partial charge in [0.25, 0.3) is 5.56 Å². The predicted molar refractivity (Wildman–Crippen MR) is 144 cm³/mol. The summed E-state index contributed by atoms with van der Waals surface area (Å²) in [6.45, 7) is 4.54. The number of aryl methyl sites for hydroxylation is 3. The summed E-state index contributed by atoms with van der Waals surface area (Å²) in [5.41, 5.74) is 3.70. The van der Waals surface area contributed by atoms with Gasteiger partial charge in [-0.3, -0.25) is 14.2 Å². The van der Waals surface area contributed by atoms with Gasteiger partial charge in [-0.15, -0.1) is 11.3 Å². The third kappa shape index (κ3) is 4.99. The molecule has 0 radical (unpaired) electrons. The second-order valence-electron chi connectivity index (χ2n) is 8.56. The van der Waals surface area contributed by atoms with E-state index in [0.29, 0.717) is 17.5 Å². The summed E-state index contributed by atoms with van der Waals surface area (Å²) in [5.74, 6) is 0.745. The maximum absolute atomic E-state index is 13.8. The molecule has 1 amide bonds.